The number of anilines is 1. The lowest BCUT2D eigenvalue weighted by Crippen LogP contribution is -2.26. The summed E-state index contributed by atoms with van der Waals surface area (Å²) in [5.74, 6) is 0.0396. The van der Waals surface area contributed by atoms with Gasteiger partial charge in [-0.25, -0.2) is 4.79 Å². The Kier molecular flexibility index (Phi) is 5.98. The minimum Gasteiger partial charge on any atom is -0.449 e. The van der Waals surface area contributed by atoms with Gasteiger partial charge in [0.1, 0.15) is 6.61 Å². The van der Waals surface area contributed by atoms with Crippen molar-refractivity contribution in [2.24, 2.45) is 0 Å². The molecule has 0 aliphatic heterocycles. The summed E-state index contributed by atoms with van der Waals surface area (Å²) in [6.07, 6.45) is 3.13. The van der Waals surface area contributed by atoms with Crippen LogP contribution in [0.3, 0.4) is 0 Å². The van der Waals surface area contributed by atoms with Gasteiger partial charge in [-0.1, -0.05) is 83.9 Å². The summed E-state index contributed by atoms with van der Waals surface area (Å²) < 4.78 is 5.50. The molecule has 152 valence electrons. The minimum absolute atomic E-state index is 0.0396. The zero-order valence-electron chi connectivity index (χ0n) is 16.1. The zero-order valence-corrected chi connectivity index (χ0v) is 17.6. The largest absolute Gasteiger partial charge is 0.449 e. The van der Waals surface area contributed by atoms with E-state index >= 15 is 0 Å². The Bertz CT molecular complexity index is 1060. The van der Waals surface area contributed by atoms with Crippen molar-refractivity contribution in [1.82, 2.24) is 5.32 Å². The molecule has 3 aromatic carbocycles. The SMILES string of the molecule is Nc1c(Cl)cc(C=CCNC(=O)OCC2c3ccccc3-c3ccccc32)cc1Cl. The van der Waals surface area contributed by atoms with Crippen molar-refractivity contribution in [3.05, 3.63) is 93.5 Å². The van der Waals surface area contributed by atoms with Crippen LogP contribution in [0.5, 0.6) is 0 Å². The van der Waals surface area contributed by atoms with Gasteiger partial charge in [0.25, 0.3) is 0 Å². The third kappa shape index (κ3) is 4.16. The van der Waals surface area contributed by atoms with Gasteiger partial charge in [0, 0.05) is 12.5 Å². The summed E-state index contributed by atoms with van der Waals surface area (Å²) in [4.78, 5) is 12.2. The van der Waals surface area contributed by atoms with Crippen LogP contribution in [-0.4, -0.2) is 19.2 Å². The minimum atomic E-state index is -0.463. The van der Waals surface area contributed by atoms with E-state index in [1.54, 1.807) is 24.3 Å². The van der Waals surface area contributed by atoms with Crippen LogP contribution in [0.1, 0.15) is 22.6 Å². The highest BCUT2D eigenvalue weighted by Gasteiger charge is 2.28. The second-order valence-corrected chi connectivity index (χ2v) is 7.82. The molecule has 0 saturated heterocycles. The fourth-order valence-corrected chi connectivity index (χ4v) is 4.19. The highest BCUT2D eigenvalue weighted by atomic mass is 35.5. The molecule has 0 bridgehead atoms. The molecule has 3 N–H and O–H groups in total. The maximum absolute atomic E-state index is 12.2. The maximum atomic E-state index is 12.2. The molecule has 1 amide bonds. The number of nitrogen functional groups attached to an aromatic ring is 1. The van der Waals surface area contributed by atoms with E-state index in [1.165, 1.54) is 22.3 Å². The molecular weight excluding hydrogens is 419 g/mol. The number of halogens is 2. The second kappa shape index (κ2) is 8.82. The molecule has 0 heterocycles. The van der Waals surface area contributed by atoms with Gasteiger partial charge in [-0.05, 0) is 39.9 Å². The van der Waals surface area contributed by atoms with Gasteiger partial charge in [-0.15, -0.1) is 0 Å². The molecule has 4 nitrogen and oxygen atoms in total. The first-order valence-electron chi connectivity index (χ1n) is 9.54. The van der Waals surface area contributed by atoms with Crippen LogP contribution in [0.15, 0.2) is 66.7 Å². The Morgan fingerprint density at radius 1 is 1.00 bits per heavy atom. The van der Waals surface area contributed by atoms with Crippen molar-refractivity contribution in [3.8, 4) is 11.1 Å². The Morgan fingerprint density at radius 2 is 1.57 bits per heavy atom. The van der Waals surface area contributed by atoms with Gasteiger partial charge in [0.15, 0.2) is 0 Å². The molecule has 6 heteroatoms. The zero-order chi connectivity index (χ0) is 21.1. The summed E-state index contributed by atoms with van der Waals surface area (Å²) in [7, 11) is 0. The van der Waals surface area contributed by atoms with Crippen LogP contribution >= 0.6 is 23.2 Å². The number of nitrogens with one attached hydrogen (secondary N) is 1. The molecule has 0 unspecified atom stereocenters. The summed E-state index contributed by atoms with van der Waals surface area (Å²) in [6, 6.07) is 19.9. The number of rotatable bonds is 5. The number of carbonyl (C=O) groups excluding carboxylic acids is 1. The fourth-order valence-electron chi connectivity index (χ4n) is 3.69. The van der Waals surface area contributed by atoms with E-state index in [0.29, 0.717) is 22.3 Å². The molecule has 0 fully saturated rings. The molecule has 4 rings (SSSR count). The number of fused-ring (bicyclic) bond motifs is 3. The number of ether oxygens (including phenoxy) is 1. The quantitative estimate of drug-likeness (QED) is 0.471. The van der Waals surface area contributed by atoms with Gasteiger partial charge in [-0.3, -0.25) is 0 Å². The molecule has 3 aromatic rings. The van der Waals surface area contributed by atoms with E-state index < -0.39 is 6.09 Å². The number of amides is 1. The third-order valence-corrected chi connectivity index (χ3v) is 5.75. The summed E-state index contributed by atoms with van der Waals surface area (Å²) >= 11 is 12.0. The Hall–Kier alpha value is -2.95. The lowest BCUT2D eigenvalue weighted by atomic mass is 9.98. The van der Waals surface area contributed by atoms with Crippen LogP contribution in [0, 0.1) is 0 Å². The number of nitrogens with two attached hydrogens (primary N) is 1. The maximum Gasteiger partial charge on any atom is 0.407 e. The van der Waals surface area contributed by atoms with Gasteiger partial charge >= 0.3 is 6.09 Å². The van der Waals surface area contributed by atoms with E-state index in [4.69, 9.17) is 33.7 Å². The second-order valence-electron chi connectivity index (χ2n) is 7.01. The third-order valence-electron chi connectivity index (χ3n) is 5.12. The van der Waals surface area contributed by atoms with Crippen molar-refractivity contribution in [3.63, 3.8) is 0 Å². The average Bonchev–Trinajstić information content (AvgIpc) is 3.07. The molecule has 0 atom stereocenters. The highest BCUT2D eigenvalue weighted by molar-refractivity contribution is 6.39. The smallest absolute Gasteiger partial charge is 0.407 e. The number of hydrogen-bond acceptors (Lipinski definition) is 3. The molecule has 30 heavy (non-hydrogen) atoms. The monoisotopic (exact) mass is 438 g/mol. The first-order chi connectivity index (χ1) is 14.5. The lowest BCUT2D eigenvalue weighted by molar-refractivity contribution is 0.144. The van der Waals surface area contributed by atoms with Crippen LogP contribution in [0.25, 0.3) is 17.2 Å². The molecule has 0 spiro atoms. The van der Waals surface area contributed by atoms with Crippen molar-refractivity contribution in [1.29, 1.82) is 0 Å². The van der Waals surface area contributed by atoms with E-state index in [2.05, 4.69) is 29.6 Å². The van der Waals surface area contributed by atoms with Crippen LogP contribution < -0.4 is 11.1 Å². The number of hydrogen-bond donors (Lipinski definition) is 2. The predicted octanol–water partition coefficient (Wildman–Crippen LogP) is 6.13. The lowest BCUT2D eigenvalue weighted by Gasteiger charge is -2.14. The molecule has 1 aliphatic carbocycles. The molecule has 1 aliphatic rings. The first-order valence-corrected chi connectivity index (χ1v) is 10.3. The van der Waals surface area contributed by atoms with Gasteiger partial charge in [0.2, 0.25) is 0 Å². The normalized spacial score (nSPS) is 12.6. The van der Waals surface area contributed by atoms with Crippen molar-refractivity contribution >= 4 is 41.1 Å². The predicted molar refractivity (Wildman–Crippen MR) is 123 cm³/mol. The van der Waals surface area contributed by atoms with Crippen LogP contribution in [-0.2, 0) is 4.74 Å². The van der Waals surface area contributed by atoms with Gasteiger partial charge in [-0.2, -0.15) is 0 Å². The molecule has 0 radical (unpaired) electrons. The summed E-state index contributed by atoms with van der Waals surface area (Å²) in [5.41, 5.74) is 11.6. The van der Waals surface area contributed by atoms with Crippen LogP contribution in [0.2, 0.25) is 10.0 Å². The van der Waals surface area contributed by atoms with Crippen molar-refractivity contribution < 1.29 is 9.53 Å². The van der Waals surface area contributed by atoms with E-state index in [9.17, 15) is 4.79 Å². The standard InChI is InChI=1S/C24H20Cl2N2O2/c25-21-12-15(13-22(26)23(21)27)6-5-11-28-24(29)30-14-20-18-9-3-1-7-16(18)17-8-2-4-10-19(17)20/h1-10,12-13,20H,11,14,27H2,(H,28,29). The van der Waals surface area contributed by atoms with E-state index in [1.807, 2.05) is 24.3 Å². The van der Waals surface area contributed by atoms with Crippen molar-refractivity contribution in [2.45, 2.75) is 5.92 Å². The topological polar surface area (TPSA) is 64.3 Å². The molecule has 0 saturated carbocycles. The highest BCUT2D eigenvalue weighted by Crippen LogP contribution is 2.44. The number of benzene rings is 3. The Labute approximate surface area is 185 Å². The Morgan fingerprint density at radius 3 is 2.17 bits per heavy atom. The summed E-state index contributed by atoms with van der Waals surface area (Å²) in [5, 5.41) is 3.52. The van der Waals surface area contributed by atoms with Crippen molar-refractivity contribution in [2.75, 3.05) is 18.9 Å². The average molecular weight is 439 g/mol. The van der Waals surface area contributed by atoms with Gasteiger partial charge in [0.05, 0.1) is 15.7 Å². The Balaban J connectivity index is 1.34. The van der Waals surface area contributed by atoms with Gasteiger partial charge < -0.3 is 15.8 Å². The summed E-state index contributed by atoms with van der Waals surface area (Å²) in [6.45, 7) is 0.600. The fraction of sp³-hybridized carbons (Fsp3) is 0.125. The molecular formula is C24H20Cl2N2O2. The van der Waals surface area contributed by atoms with E-state index in [0.717, 1.165) is 5.56 Å². The van der Waals surface area contributed by atoms with Crippen LogP contribution in [0.4, 0.5) is 10.5 Å². The number of alkyl carbamates (subject to hydrolysis) is 1. The molecule has 0 aromatic heterocycles. The first kappa shape index (κ1) is 20.3. The van der Waals surface area contributed by atoms with E-state index in [-0.39, 0.29) is 12.5 Å². The number of carbonyl (C=O) groups is 1.